The van der Waals surface area contributed by atoms with Crippen LogP contribution in [0.2, 0.25) is 0 Å². The highest BCUT2D eigenvalue weighted by Gasteiger charge is 2.05. The van der Waals surface area contributed by atoms with Gasteiger partial charge in [-0.05, 0) is 36.6 Å². The van der Waals surface area contributed by atoms with E-state index in [2.05, 4.69) is 32.2 Å². The van der Waals surface area contributed by atoms with Crippen molar-refractivity contribution in [1.29, 1.82) is 0 Å². The van der Waals surface area contributed by atoms with Gasteiger partial charge in [0.2, 0.25) is 0 Å². The molecule has 104 valence electrons. The Balaban J connectivity index is 2.80. The zero-order valence-corrected chi connectivity index (χ0v) is 11.8. The zero-order chi connectivity index (χ0) is 14.3. The van der Waals surface area contributed by atoms with E-state index in [0.717, 1.165) is 25.1 Å². The van der Waals surface area contributed by atoms with Gasteiger partial charge in [-0.15, -0.1) is 0 Å². The van der Waals surface area contributed by atoms with E-state index in [-0.39, 0.29) is 10.6 Å². The van der Waals surface area contributed by atoms with Crippen molar-refractivity contribution in [2.75, 3.05) is 13.1 Å². The third-order valence-corrected chi connectivity index (χ3v) is 2.95. The Morgan fingerprint density at radius 1 is 1.37 bits per heavy atom. The Hall–Kier alpha value is -1.68. The predicted octanol–water partition coefficient (Wildman–Crippen LogP) is 3.63. The first-order valence-corrected chi connectivity index (χ1v) is 6.70. The molecular formula is C15H22N2O2. The van der Waals surface area contributed by atoms with Crippen molar-refractivity contribution in [3.8, 4) is 0 Å². The highest BCUT2D eigenvalue weighted by molar-refractivity contribution is 5.55. The minimum atomic E-state index is -0.375. The van der Waals surface area contributed by atoms with E-state index in [1.807, 2.05) is 0 Å². The molecule has 0 aliphatic rings. The second-order valence-corrected chi connectivity index (χ2v) is 4.90. The molecule has 0 radical (unpaired) electrons. The molecule has 0 spiro atoms. The third-order valence-electron chi connectivity index (χ3n) is 2.95. The van der Waals surface area contributed by atoms with Crippen LogP contribution in [-0.2, 0) is 0 Å². The van der Waals surface area contributed by atoms with E-state index in [9.17, 15) is 10.1 Å². The molecule has 0 saturated heterocycles. The largest absolute Gasteiger partial charge is 0.313 e. The Morgan fingerprint density at radius 2 is 2.00 bits per heavy atom. The van der Waals surface area contributed by atoms with E-state index >= 15 is 0 Å². The molecule has 0 amide bonds. The molecule has 19 heavy (non-hydrogen) atoms. The number of benzene rings is 1. The Bertz CT molecular complexity index is 436. The summed E-state index contributed by atoms with van der Waals surface area (Å²) < 4.78 is 0. The Kier molecular flexibility index (Phi) is 6.22. The monoisotopic (exact) mass is 262 g/mol. The fourth-order valence-electron chi connectivity index (χ4n) is 1.74. The van der Waals surface area contributed by atoms with Crippen molar-refractivity contribution in [2.45, 2.75) is 27.2 Å². The SMILES string of the molecule is CCCNCC(=Cc1ccc([N+](=O)[O-])cc1)C(C)C. The summed E-state index contributed by atoms with van der Waals surface area (Å²) in [6, 6.07) is 6.67. The summed E-state index contributed by atoms with van der Waals surface area (Å²) in [6.07, 6.45) is 3.22. The molecule has 4 heteroatoms. The lowest BCUT2D eigenvalue weighted by Crippen LogP contribution is -2.19. The van der Waals surface area contributed by atoms with Crippen LogP contribution in [0.25, 0.3) is 6.08 Å². The smallest absolute Gasteiger partial charge is 0.269 e. The van der Waals surface area contributed by atoms with Crippen LogP contribution in [0, 0.1) is 16.0 Å². The second kappa shape index (κ2) is 7.69. The molecular weight excluding hydrogens is 240 g/mol. The van der Waals surface area contributed by atoms with E-state index in [1.54, 1.807) is 24.3 Å². The molecule has 1 aromatic carbocycles. The first-order chi connectivity index (χ1) is 9.04. The lowest BCUT2D eigenvalue weighted by molar-refractivity contribution is -0.384. The summed E-state index contributed by atoms with van der Waals surface area (Å²) in [7, 11) is 0. The molecule has 0 fully saturated rings. The van der Waals surface area contributed by atoms with Gasteiger partial charge in [0, 0.05) is 18.7 Å². The summed E-state index contributed by atoms with van der Waals surface area (Å²) >= 11 is 0. The lowest BCUT2D eigenvalue weighted by Gasteiger charge is -2.12. The number of rotatable bonds is 7. The maximum Gasteiger partial charge on any atom is 0.269 e. The summed E-state index contributed by atoms with van der Waals surface area (Å²) in [6.45, 7) is 8.32. The highest BCUT2D eigenvalue weighted by Crippen LogP contribution is 2.17. The van der Waals surface area contributed by atoms with Crippen LogP contribution < -0.4 is 5.32 Å². The number of non-ortho nitro benzene ring substituents is 1. The fourth-order valence-corrected chi connectivity index (χ4v) is 1.74. The second-order valence-electron chi connectivity index (χ2n) is 4.90. The van der Waals surface area contributed by atoms with Crippen molar-refractivity contribution in [1.82, 2.24) is 5.32 Å². The number of nitrogens with zero attached hydrogens (tertiary/aromatic N) is 1. The van der Waals surface area contributed by atoms with Crippen LogP contribution in [0.5, 0.6) is 0 Å². The normalized spacial score (nSPS) is 11.9. The molecule has 0 atom stereocenters. The fraction of sp³-hybridized carbons (Fsp3) is 0.467. The summed E-state index contributed by atoms with van der Waals surface area (Å²) in [5.74, 6) is 0.458. The average molecular weight is 262 g/mol. The van der Waals surface area contributed by atoms with Crippen molar-refractivity contribution < 1.29 is 4.92 Å². The lowest BCUT2D eigenvalue weighted by atomic mass is 10.00. The molecule has 0 aromatic heterocycles. The van der Waals surface area contributed by atoms with Crippen molar-refractivity contribution in [3.05, 3.63) is 45.5 Å². The molecule has 0 saturated carbocycles. The topological polar surface area (TPSA) is 55.2 Å². The summed E-state index contributed by atoms with van der Waals surface area (Å²) in [4.78, 5) is 10.2. The van der Waals surface area contributed by atoms with Gasteiger partial charge in [0.1, 0.15) is 0 Å². The molecule has 0 bridgehead atoms. The average Bonchev–Trinajstić information content (AvgIpc) is 2.38. The van der Waals surface area contributed by atoms with Crippen LogP contribution in [0.15, 0.2) is 29.8 Å². The van der Waals surface area contributed by atoms with Crippen molar-refractivity contribution in [3.63, 3.8) is 0 Å². The summed E-state index contributed by atoms with van der Waals surface area (Å²) in [5.41, 5.74) is 2.45. The first kappa shape index (κ1) is 15.4. The van der Waals surface area contributed by atoms with E-state index in [4.69, 9.17) is 0 Å². The predicted molar refractivity (Wildman–Crippen MR) is 79.1 cm³/mol. The third kappa shape index (κ3) is 5.22. The van der Waals surface area contributed by atoms with Gasteiger partial charge in [-0.1, -0.05) is 32.4 Å². The van der Waals surface area contributed by atoms with Gasteiger partial charge >= 0.3 is 0 Å². The summed E-state index contributed by atoms with van der Waals surface area (Å²) in [5, 5.41) is 14.0. The minimum Gasteiger partial charge on any atom is -0.313 e. The molecule has 4 nitrogen and oxygen atoms in total. The van der Waals surface area contributed by atoms with Crippen LogP contribution in [-0.4, -0.2) is 18.0 Å². The molecule has 0 aliphatic carbocycles. The number of nitrogens with one attached hydrogen (secondary N) is 1. The van der Waals surface area contributed by atoms with Crippen molar-refractivity contribution in [2.24, 2.45) is 5.92 Å². The van der Waals surface area contributed by atoms with Gasteiger partial charge in [-0.2, -0.15) is 0 Å². The van der Waals surface area contributed by atoms with Gasteiger partial charge in [-0.3, -0.25) is 10.1 Å². The van der Waals surface area contributed by atoms with Gasteiger partial charge in [-0.25, -0.2) is 0 Å². The highest BCUT2D eigenvalue weighted by atomic mass is 16.6. The van der Waals surface area contributed by atoms with E-state index in [1.165, 1.54) is 5.57 Å². The minimum absolute atomic E-state index is 0.132. The van der Waals surface area contributed by atoms with Gasteiger partial charge in [0.05, 0.1) is 4.92 Å². The molecule has 0 aliphatic heterocycles. The van der Waals surface area contributed by atoms with Crippen LogP contribution in [0.4, 0.5) is 5.69 Å². The van der Waals surface area contributed by atoms with Gasteiger partial charge in [0.15, 0.2) is 0 Å². The standard InChI is InChI=1S/C15H22N2O2/c1-4-9-16-11-14(12(2)3)10-13-5-7-15(8-6-13)17(18)19/h5-8,10,12,16H,4,9,11H2,1-3H3. The van der Waals surface area contributed by atoms with Gasteiger partial charge < -0.3 is 5.32 Å². The van der Waals surface area contributed by atoms with Crippen LogP contribution >= 0.6 is 0 Å². The van der Waals surface area contributed by atoms with Crippen molar-refractivity contribution >= 4 is 11.8 Å². The zero-order valence-electron chi connectivity index (χ0n) is 11.8. The maximum atomic E-state index is 10.6. The molecule has 1 rings (SSSR count). The molecule has 0 unspecified atom stereocenters. The Morgan fingerprint density at radius 3 is 2.47 bits per heavy atom. The number of nitro groups is 1. The number of hydrogen-bond acceptors (Lipinski definition) is 3. The number of hydrogen-bond donors (Lipinski definition) is 1. The molecule has 1 N–H and O–H groups in total. The molecule has 1 aromatic rings. The van der Waals surface area contributed by atoms with Crippen LogP contribution in [0.3, 0.4) is 0 Å². The molecule has 0 heterocycles. The van der Waals surface area contributed by atoms with E-state index in [0.29, 0.717) is 5.92 Å². The Labute approximate surface area is 114 Å². The van der Waals surface area contributed by atoms with E-state index < -0.39 is 0 Å². The number of nitro benzene ring substituents is 1. The maximum absolute atomic E-state index is 10.6. The van der Waals surface area contributed by atoms with Gasteiger partial charge in [0.25, 0.3) is 5.69 Å². The first-order valence-electron chi connectivity index (χ1n) is 6.70. The van der Waals surface area contributed by atoms with Crippen LogP contribution in [0.1, 0.15) is 32.8 Å². The quantitative estimate of drug-likeness (QED) is 0.464.